The molecule has 36 heavy (non-hydrogen) atoms. The van der Waals surface area contributed by atoms with Gasteiger partial charge in [0.15, 0.2) is 5.69 Å². The number of hydrogen-bond acceptors (Lipinski definition) is 5. The molecule has 3 heterocycles. The SMILES string of the molecule is NC(=O)c1nn(CC(=O)N2[C@H](C(=O)NC3CCC[C@H](c4ccccc4)C3)C[C@@H]3C[C@@H]32)c2cnccc12. The van der Waals surface area contributed by atoms with Gasteiger partial charge in [0.2, 0.25) is 11.8 Å². The first-order valence-electron chi connectivity index (χ1n) is 12.8. The molecule has 6 rings (SSSR count). The number of piperidine rings is 1. The number of carbonyl (C=O) groups excluding carboxylic acids is 3. The minimum atomic E-state index is -0.653. The first-order valence-corrected chi connectivity index (χ1v) is 12.8. The van der Waals surface area contributed by atoms with Crippen molar-refractivity contribution in [1.82, 2.24) is 25.0 Å². The molecule has 3 amide bonds. The van der Waals surface area contributed by atoms with Crippen molar-refractivity contribution in [2.75, 3.05) is 0 Å². The maximum absolute atomic E-state index is 13.5. The summed E-state index contributed by atoms with van der Waals surface area (Å²) < 4.78 is 1.47. The summed E-state index contributed by atoms with van der Waals surface area (Å²) in [6.45, 7) is -0.0675. The summed E-state index contributed by atoms with van der Waals surface area (Å²) in [4.78, 5) is 44.6. The van der Waals surface area contributed by atoms with E-state index < -0.39 is 11.9 Å². The molecule has 9 nitrogen and oxygen atoms in total. The minimum Gasteiger partial charge on any atom is -0.364 e. The van der Waals surface area contributed by atoms with E-state index in [4.69, 9.17) is 5.73 Å². The highest BCUT2D eigenvalue weighted by Crippen LogP contribution is 2.48. The molecular formula is C27H30N6O3. The highest BCUT2D eigenvalue weighted by Gasteiger charge is 2.56. The monoisotopic (exact) mass is 486 g/mol. The van der Waals surface area contributed by atoms with Gasteiger partial charge >= 0.3 is 0 Å². The van der Waals surface area contributed by atoms with Gasteiger partial charge in [0.25, 0.3) is 5.91 Å². The smallest absolute Gasteiger partial charge is 0.269 e. The van der Waals surface area contributed by atoms with Crippen LogP contribution in [0.2, 0.25) is 0 Å². The van der Waals surface area contributed by atoms with Gasteiger partial charge in [-0.2, -0.15) is 5.10 Å². The quantitative estimate of drug-likeness (QED) is 0.554. The Balaban J connectivity index is 1.16. The topological polar surface area (TPSA) is 123 Å². The number of aromatic nitrogens is 3. The lowest BCUT2D eigenvalue weighted by Crippen LogP contribution is -2.51. The van der Waals surface area contributed by atoms with Crippen LogP contribution in [0.3, 0.4) is 0 Å². The standard InChI is InChI=1S/C27H30N6O3/c28-26(35)25-20-9-10-29-14-23(20)32(31-25)15-24(34)33-21-12-18(21)13-22(33)27(36)30-19-8-4-7-17(11-19)16-5-2-1-3-6-16/h1-3,5-6,9-10,14,17-19,21-22H,4,7-8,11-13,15H2,(H2,28,35)(H,30,36)/t17-,18-,19?,21-,22-/m0/s1. The Morgan fingerprint density at radius 1 is 1.06 bits per heavy atom. The molecule has 2 aromatic heterocycles. The van der Waals surface area contributed by atoms with Crippen LogP contribution in [0.15, 0.2) is 48.8 Å². The number of fused-ring (bicyclic) bond motifs is 2. The number of carbonyl (C=O) groups is 3. The van der Waals surface area contributed by atoms with Gasteiger partial charge in [-0.25, -0.2) is 0 Å². The van der Waals surface area contributed by atoms with Crippen molar-refractivity contribution in [2.24, 2.45) is 11.7 Å². The molecule has 186 valence electrons. The van der Waals surface area contributed by atoms with Crippen LogP contribution in [0.25, 0.3) is 10.9 Å². The van der Waals surface area contributed by atoms with Crippen LogP contribution >= 0.6 is 0 Å². The van der Waals surface area contributed by atoms with Gasteiger partial charge in [0.05, 0.1) is 11.7 Å². The van der Waals surface area contributed by atoms with E-state index in [0.717, 1.165) is 32.1 Å². The molecule has 2 aliphatic carbocycles. The van der Waals surface area contributed by atoms with Crippen LogP contribution in [-0.2, 0) is 16.1 Å². The Labute approximate surface area is 209 Å². The third-order valence-electron chi connectivity index (χ3n) is 8.06. The zero-order valence-electron chi connectivity index (χ0n) is 20.0. The van der Waals surface area contributed by atoms with Gasteiger partial charge < -0.3 is 16.0 Å². The van der Waals surface area contributed by atoms with Gasteiger partial charge in [-0.1, -0.05) is 36.8 Å². The number of primary amides is 1. The van der Waals surface area contributed by atoms with Crippen molar-refractivity contribution in [3.63, 3.8) is 0 Å². The fraction of sp³-hybridized carbons (Fsp3) is 0.444. The van der Waals surface area contributed by atoms with Crippen molar-refractivity contribution < 1.29 is 14.4 Å². The second kappa shape index (κ2) is 9.04. The summed E-state index contributed by atoms with van der Waals surface area (Å²) in [5.74, 6) is -0.0554. The number of benzene rings is 1. The lowest BCUT2D eigenvalue weighted by Gasteiger charge is -2.33. The highest BCUT2D eigenvalue weighted by atomic mass is 16.2. The molecule has 0 bridgehead atoms. The first-order chi connectivity index (χ1) is 17.5. The Kier molecular flexibility index (Phi) is 5.70. The average molecular weight is 487 g/mol. The summed E-state index contributed by atoms with van der Waals surface area (Å²) in [7, 11) is 0. The number of pyridine rings is 1. The van der Waals surface area contributed by atoms with E-state index in [1.807, 2.05) is 6.07 Å². The minimum absolute atomic E-state index is 0.0564. The van der Waals surface area contributed by atoms with E-state index in [2.05, 4.69) is 39.7 Å². The van der Waals surface area contributed by atoms with Gasteiger partial charge in [-0.3, -0.25) is 24.0 Å². The molecule has 0 spiro atoms. The number of likely N-dealkylation sites (tertiary alicyclic amines) is 1. The molecule has 3 fully saturated rings. The van der Waals surface area contributed by atoms with Gasteiger partial charge in [0, 0.05) is 23.7 Å². The Bertz CT molecular complexity index is 1320. The molecule has 1 unspecified atom stereocenters. The summed E-state index contributed by atoms with van der Waals surface area (Å²) in [6.07, 6.45) is 8.86. The largest absolute Gasteiger partial charge is 0.364 e. The Morgan fingerprint density at radius 2 is 1.89 bits per heavy atom. The Hall–Kier alpha value is -3.75. The first kappa shape index (κ1) is 22.7. The van der Waals surface area contributed by atoms with E-state index in [1.54, 1.807) is 23.4 Å². The summed E-state index contributed by atoms with van der Waals surface area (Å²) in [5, 5.41) is 8.13. The van der Waals surface area contributed by atoms with Gasteiger partial charge in [-0.15, -0.1) is 0 Å². The normalized spacial score (nSPS) is 27.0. The van der Waals surface area contributed by atoms with Crippen molar-refractivity contribution in [3.8, 4) is 0 Å². The molecule has 3 N–H and O–H groups in total. The molecule has 0 radical (unpaired) electrons. The number of nitrogens with one attached hydrogen (secondary N) is 1. The second-order valence-electron chi connectivity index (χ2n) is 10.4. The van der Waals surface area contributed by atoms with Crippen molar-refractivity contribution >= 4 is 28.6 Å². The van der Waals surface area contributed by atoms with Crippen LogP contribution in [0.5, 0.6) is 0 Å². The van der Waals surface area contributed by atoms with Crippen LogP contribution < -0.4 is 11.1 Å². The van der Waals surface area contributed by atoms with E-state index in [1.165, 1.54) is 10.2 Å². The van der Waals surface area contributed by atoms with E-state index in [0.29, 0.717) is 29.2 Å². The number of rotatable bonds is 6. The van der Waals surface area contributed by atoms with Gasteiger partial charge in [-0.05, 0) is 55.6 Å². The molecule has 1 aromatic carbocycles. The lowest BCUT2D eigenvalue weighted by atomic mass is 9.81. The van der Waals surface area contributed by atoms with Crippen molar-refractivity contribution in [2.45, 2.75) is 69.1 Å². The molecule has 3 aromatic rings. The lowest BCUT2D eigenvalue weighted by molar-refractivity contribution is -0.140. The number of amides is 3. The zero-order valence-corrected chi connectivity index (χ0v) is 20.0. The van der Waals surface area contributed by atoms with Crippen molar-refractivity contribution in [1.29, 1.82) is 0 Å². The number of nitrogens with two attached hydrogens (primary N) is 1. The molecule has 1 aliphatic heterocycles. The fourth-order valence-electron chi connectivity index (χ4n) is 6.23. The molecule has 2 saturated carbocycles. The average Bonchev–Trinajstić information content (AvgIpc) is 3.39. The fourth-order valence-corrected chi connectivity index (χ4v) is 6.23. The maximum Gasteiger partial charge on any atom is 0.269 e. The molecular weight excluding hydrogens is 456 g/mol. The second-order valence-corrected chi connectivity index (χ2v) is 10.4. The maximum atomic E-state index is 13.5. The number of nitrogens with zero attached hydrogens (tertiary/aromatic N) is 4. The molecule has 5 atom stereocenters. The third kappa shape index (κ3) is 4.12. The van der Waals surface area contributed by atoms with Crippen LogP contribution in [0.4, 0.5) is 0 Å². The summed E-state index contributed by atoms with van der Waals surface area (Å²) in [6, 6.07) is 11.9. The van der Waals surface area contributed by atoms with Gasteiger partial charge in [0.1, 0.15) is 12.6 Å². The van der Waals surface area contributed by atoms with Crippen LogP contribution in [0, 0.1) is 5.92 Å². The predicted molar refractivity (Wildman–Crippen MR) is 133 cm³/mol. The molecule has 1 saturated heterocycles. The summed E-state index contributed by atoms with van der Waals surface area (Å²) >= 11 is 0. The summed E-state index contributed by atoms with van der Waals surface area (Å²) in [5.41, 5.74) is 7.50. The zero-order chi connectivity index (χ0) is 24.8. The van der Waals surface area contributed by atoms with E-state index >= 15 is 0 Å². The van der Waals surface area contributed by atoms with Crippen LogP contribution in [-0.4, -0.2) is 55.5 Å². The predicted octanol–water partition coefficient (Wildman–Crippen LogP) is 2.36. The number of hydrogen-bond donors (Lipinski definition) is 2. The molecule has 3 aliphatic rings. The highest BCUT2D eigenvalue weighted by molar-refractivity contribution is 6.04. The Morgan fingerprint density at radius 3 is 2.69 bits per heavy atom. The van der Waals surface area contributed by atoms with E-state index in [9.17, 15) is 14.4 Å². The molecule has 9 heteroatoms. The third-order valence-corrected chi connectivity index (χ3v) is 8.06. The van der Waals surface area contributed by atoms with Crippen molar-refractivity contribution in [3.05, 3.63) is 60.0 Å². The van der Waals surface area contributed by atoms with E-state index in [-0.39, 0.29) is 36.1 Å². The van der Waals surface area contributed by atoms with Crippen LogP contribution in [0.1, 0.15) is 60.5 Å².